The molecule has 7 heteroatoms. The molecule has 0 bridgehead atoms. The van der Waals surface area contributed by atoms with E-state index in [9.17, 15) is 9.59 Å². The maximum absolute atomic E-state index is 12.2. The van der Waals surface area contributed by atoms with Crippen molar-refractivity contribution in [3.63, 3.8) is 0 Å². The zero-order chi connectivity index (χ0) is 15.1. The molecule has 0 unspecified atom stereocenters. The maximum Gasteiger partial charge on any atom is 0.346 e. The van der Waals surface area contributed by atoms with Gasteiger partial charge in [-0.1, -0.05) is 12.1 Å². The second-order valence-corrected chi connectivity index (χ2v) is 5.25. The molecular formula is C14H17N5O2. The molecule has 0 atom stereocenters. The second-order valence-electron chi connectivity index (χ2n) is 5.25. The summed E-state index contributed by atoms with van der Waals surface area (Å²) < 4.78 is 2.27. The Hall–Kier alpha value is -2.57. The summed E-state index contributed by atoms with van der Waals surface area (Å²) in [6.45, 7) is 1.22. The number of hydrogen-bond acceptors (Lipinski definition) is 5. The Kier molecular flexibility index (Phi) is 3.04. The third-order valence-corrected chi connectivity index (χ3v) is 3.91. The first kappa shape index (κ1) is 13.4. The van der Waals surface area contributed by atoms with Gasteiger partial charge in [-0.2, -0.15) is 0 Å². The van der Waals surface area contributed by atoms with E-state index in [0.717, 1.165) is 27.8 Å². The summed E-state index contributed by atoms with van der Waals surface area (Å²) >= 11 is 0. The van der Waals surface area contributed by atoms with Crippen LogP contribution in [0.2, 0.25) is 0 Å². The molecule has 2 N–H and O–H groups in total. The normalized spacial score (nSPS) is 14.1. The third kappa shape index (κ3) is 2.10. The van der Waals surface area contributed by atoms with Crippen LogP contribution in [0.25, 0.3) is 0 Å². The lowest BCUT2D eigenvalue weighted by Crippen LogP contribution is -2.44. The summed E-state index contributed by atoms with van der Waals surface area (Å²) in [5.74, 6) is 0.299. The van der Waals surface area contributed by atoms with Crippen LogP contribution in [0.15, 0.2) is 27.8 Å². The molecule has 0 saturated heterocycles. The molecule has 1 aromatic carbocycles. The van der Waals surface area contributed by atoms with E-state index in [2.05, 4.69) is 5.10 Å². The first-order valence-corrected chi connectivity index (χ1v) is 6.74. The first-order chi connectivity index (χ1) is 9.99. The van der Waals surface area contributed by atoms with Gasteiger partial charge < -0.3 is 10.6 Å². The molecule has 1 aliphatic heterocycles. The number of anilines is 2. The van der Waals surface area contributed by atoms with Gasteiger partial charge in [0, 0.05) is 32.9 Å². The summed E-state index contributed by atoms with van der Waals surface area (Å²) in [7, 11) is 3.01. The molecule has 0 saturated carbocycles. The minimum atomic E-state index is -0.426. The summed E-state index contributed by atoms with van der Waals surface area (Å²) in [5.41, 5.74) is 8.20. The van der Waals surface area contributed by atoms with Crippen molar-refractivity contribution in [2.45, 2.75) is 13.0 Å². The van der Waals surface area contributed by atoms with E-state index < -0.39 is 5.69 Å². The van der Waals surface area contributed by atoms with Gasteiger partial charge >= 0.3 is 5.69 Å². The topological polar surface area (TPSA) is 86.2 Å². The Labute approximate surface area is 121 Å². The summed E-state index contributed by atoms with van der Waals surface area (Å²) in [6.07, 6.45) is 0.760. The van der Waals surface area contributed by atoms with Crippen LogP contribution in [0.1, 0.15) is 11.1 Å². The van der Waals surface area contributed by atoms with Crippen molar-refractivity contribution in [2.75, 3.05) is 17.2 Å². The lowest BCUT2D eigenvalue weighted by Gasteiger charge is -2.30. The van der Waals surface area contributed by atoms with Crippen molar-refractivity contribution in [3.8, 4) is 0 Å². The Morgan fingerprint density at radius 3 is 2.76 bits per heavy atom. The number of fused-ring (bicyclic) bond motifs is 1. The van der Waals surface area contributed by atoms with Crippen molar-refractivity contribution in [1.29, 1.82) is 0 Å². The van der Waals surface area contributed by atoms with E-state index >= 15 is 0 Å². The highest BCUT2D eigenvalue weighted by Crippen LogP contribution is 2.25. The summed E-state index contributed by atoms with van der Waals surface area (Å²) in [5, 5.41) is 4.12. The van der Waals surface area contributed by atoms with Gasteiger partial charge in [0.15, 0.2) is 0 Å². The van der Waals surface area contributed by atoms with Crippen molar-refractivity contribution < 1.29 is 0 Å². The summed E-state index contributed by atoms with van der Waals surface area (Å²) in [6, 6.07) is 5.80. The third-order valence-electron chi connectivity index (χ3n) is 3.91. The van der Waals surface area contributed by atoms with Crippen LogP contribution < -0.4 is 21.9 Å². The molecule has 0 aliphatic carbocycles. The number of aryl methyl sites for hydroxylation is 1. The van der Waals surface area contributed by atoms with Gasteiger partial charge in [0.25, 0.3) is 5.56 Å². The fourth-order valence-corrected chi connectivity index (χ4v) is 2.70. The molecule has 1 aliphatic rings. The largest absolute Gasteiger partial charge is 0.398 e. The van der Waals surface area contributed by atoms with Crippen molar-refractivity contribution in [2.24, 2.45) is 14.1 Å². The number of nitrogens with two attached hydrogens (primary N) is 1. The maximum atomic E-state index is 12.2. The van der Waals surface area contributed by atoms with Crippen LogP contribution >= 0.6 is 0 Å². The van der Waals surface area contributed by atoms with Gasteiger partial charge in [-0.05, 0) is 23.6 Å². The van der Waals surface area contributed by atoms with E-state index in [-0.39, 0.29) is 5.56 Å². The van der Waals surface area contributed by atoms with Crippen LogP contribution in [-0.2, 0) is 27.1 Å². The van der Waals surface area contributed by atoms with Crippen molar-refractivity contribution in [1.82, 2.24) is 14.3 Å². The number of benzene rings is 1. The van der Waals surface area contributed by atoms with Crippen LogP contribution in [0, 0.1) is 0 Å². The molecule has 7 nitrogen and oxygen atoms in total. The monoisotopic (exact) mass is 287 g/mol. The lowest BCUT2D eigenvalue weighted by molar-refractivity contribution is 0.581. The quantitative estimate of drug-likeness (QED) is 0.723. The second kappa shape index (κ2) is 4.76. The SMILES string of the molecule is Cn1nc(N2CCc3c(N)cccc3C2)c(=O)n(C)c1=O. The predicted octanol–water partition coefficient (Wildman–Crippen LogP) is -0.376. The molecule has 21 heavy (non-hydrogen) atoms. The molecule has 2 heterocycles. The van der Waals surface area contributed by atoms with Gasteiger partial charge in [-0.15, -0.1) is 5.10 Å². The highest BCUT2D eigenvalue weighted by atomic mass is 16.2. The highest BCUT2D eigenvalue weighted by molar-refractivity contribution is 5.54. The van der Waals surface area contributed by atoms with E-state index in [0.29, 0.717) is 18.9 Å². The van der Waals surface area contributed by atoms with Gasteiger partial charge in [0.2, 0.25) is 5.82 Å². The van der Waals surface area contributed by atoms with Crippen LogP contribution in [0.4, 0.5) is 11.5 Å². The average molecular weight is 287 g/mol. The van der Waals surface area contributed by atoms with Crippen molar-refractivity contribution >= 4 is 11.5 Å². The number of rotatable bonds is 1. The van der Waals surface area contributed by atoms with Gasteiger partial charge in [0.05, 0.1) is 0 Å². The van der Waals surface area contributed by atoms with E-state index in [1.807, 2.05) is 23.1 Å². The standard InChI is InChI=1S/C14H17N5O2/c1-17-13(20)12(16-18(2)14(17)21)19-7-6-10-9(8-19)4-3-5-11(10)15/h3-5H,6-8,15H2,1-2H3. The van der Waals surface area contributed by atoms with Crippen LogP contribution in [-0.4, -0.2) is 20.9 Å². The molecule has 3 rings (SSSR count). The number of nitrogens with zero attached hydrogens (tertiary/aromatic N) is 4. The molecule has 0 spiro atoms. The summed E-state index contributed by atoms with van der Waals surface area (Å²) in [4.78, 5) is 25.8. The Morgan fingerprint density at radius 2 is 2.00 bits per heavy atom. The average Bonchev–Trinajstić information content (AvgIpc) is 2.49. The lowest BCUT2D eigenvalue weighted by atomic mass is 9.98. The Balaban J connectivity index is 2.05. The van der Waals surface area contributed by atoms with Crippen molar-refractivity contribution in [3.05, 3.63) is 50.2 Å². The van der Waals surface area contributed by atoms with E-state index in [1.165, 1.54) is 11.7 Å². The molecule has 0 amide bonds. The van der Waals surface area contributed by atoms with E-state index in [4.69, 9.17) is 5.73 Å². The Morgan fingerprint density at radius 1 is 1.24 bits per heavy atom. The molecule has 2 aromatic rings. The van der Waals surface area contributed by atoms with Crippen LogP contribution in [0.3, 0.4) is 0 Å². The first-order valence-electron chi connectivity index (χ1n) is 6.74. The fraction of sp³-hybridized carbons (Fsp3) is 0.357. The minimum absolute atomic E-state index is 0.299. The number of nitrogen functional groups attached to an aromatic ring is 1. The van der Waals surface area contributed by atoms with Gasteiger partial charge in [0.1, 0.15) is 0 Å². The fourth-order valence-electron chi connectivity index (χ4n) is 2.70. The van der Waals surface area contributed by atoms with Crippen LogP contribution in [0.5, 0.6) is 0 Å². The molecule has 1 aromatic heterocycles. The molecule has 0 fully saturated rings. The van der Waals surface area contributed by atoms with Gasteiger partial charge in [-0.25, -0.2) is 9.48 Å². The Bertz CT molecular complexity index is 821. The number of aromatic nitrogens is 3. The molecular weight excluding hydrogens is 270 g/mol. The zero-order valence-corrected chi connectivity index (χ0v) is 12.0. The smallest absolute Gasteiger partial charge is 0.346 e. The molecule has 0 radical (unpaired) electrons. The molecule has 110 valence electrons. The predicted molar refractivity (Wildman–Crippen MR) is 80.3 cm³/mol. The van der Waals surface area contributed by atoms with Gasteiger partial charge in [-0.3, -0.25) is 9.36 Å². The zero-order valence-electron chi connectivity index (χ0n) is 12.0. The van der Waals surface area contributed by atoms with E-state index in [1.54, 1.807) is 7.05 Å². The minimum Gasteiger partial charge on any atom is -0.398 e. The highest BCUT2D eigenvalue weighted by Gasteiger charge is 2.22. The number of hydrogen-bond donors (Lipinski definition) is 1.